The molecular formula is C17H26N2O2. The smallest absolute Gasteiger partial charge is 0.221 e. The molecule has 116 valence electrons. The molecule has 0 aliphatic heterocycles. The van der Waals surface area contributed by atoms with Gasteiger partial charge in [-0.3, -0.25) is 4.79 Å². The Morgan fingerprint density at radius 2 is 2.24 bits per heavy atom. The topological polar surface area (TPSA) is 64.3 Å². The third-order valence-electron chi connectivity index (χ3n) is 4.48. The maximum Gasteiger partial charge on any atom is 0.221 e. The Bertz CT molecular complexity index is 499. The number of hydrogen-bond acceptors (Lipinski definition) is 3. The van der Waals surface area contributed by atoms with E-state index >= 15 is 0 Å². The van der Waals surface area contributed by atoms with E-state index in [0.29, 0.717) is 18.9 Å². The van der Waals surface area contributed by atoms with Gasteiger partial charge < -0.3 is 15.8 Å². The Morgan fingerprint density at radius 1 is 1.52 bits per heavy atom. The van der Waals surface area contributed by atoms with E-state index in [1.807, 2.05) is 24.3 Å². The van der Waals surface area contributed by atoms with Crippen LogP contribution < -0.4 is 15.8 Å². The molecule has 2 rings (SSSR count). The van der Waals surface area contributed by atoms with Crippen molar-refractivity contribution in [2.75, 3.05) is 13.7 Å². The Morgan fingerprint density at radius 3 is 2.81 bits per heavy atom. The second-order valence-electron chi connectivity index (χ2n) is 6.33. The van der Waals surface area contributed by atoms with E-state index in [1.165, 1.54) is 12.8 Å². The molecule has 1 fully saturated rings. The largest absolute Gasteiger partial charge is 0.497 e. The first-order valence-corrected chi connectivity index (χ1v) is 7.63. The normalized spacial score (nSPS) is 18.7. The zero-order chi connectivity index (χ0) is 15.5. The minimum absolute atomic E-state index is 0.0742. The Kier molecular flexibility index (Phi) is 4.88. The number of ether oxygens (including phenoxy) is 1. The first kappa shape index (κ1) is 15.8. The fraction of sp³-hybridized carbons (Fsp3) is 0.588. The highest BCUT2D eigenvalue weighted by Gasteiger charge is 2.41. The average molecular weight is 290 g/mol. The molecule has 4 nitrogen and oxygen atoms in total. The highest BCUT2D eigenvalue weighted by molar-refractivity contribution is 5.77. The van der Waals surface area contributed by atoms with Crippen LogP contribution in [0.4, 0.5) is 0 Å². The van der Waals surface area contributed by atoms with Crippen LogP contribution in [0.25, 0.3) is 0 Å². The highest BCUT2D eigenvalue weighted by Crippen LogP contribution is 2.39. The van der Waals surface area contributed by atoms with Crippen molar-refractivity contribution in [3.8, 4) is 5.75 Å². The summed E-state index contributed by atoms with van der Waals surface area (Å²) in [7, 11) is 1.65. The predicted molar refractivity (Wildman–Crippen MR) is 84.4 cm³/mol. The Hall–Kier alpha value is -1.55. The van der Waals surface area contributed by atoms with Crippen molar-refractivity contribution < 1.29 is 9.53 Å². The molecule has 0 bridgehead atoms. The zero-order valence-electron chi connectivity index (χ0n) is 13.2. The lowest BCUT2D eigenvalue weighted by Crippen LogP contribution is -2.53. The van der Waals surface area contributed by atoms with Crippen LogP contribution in [0.15, 0.2) is 24.3 Å². The first-order valence-electron chi connectivity index (χ1n) is 7.63. The first-order chi connectivity index (χ1) is 9.98. The molecule has 0 aromatic heterocycles. The number of carbonyl (C=O) groups excluding carboxylic acids is 1. The van der Waals surface area contributed by atoms with Crippen LogP contribution in [0.1, 0.15) is 44.6 Å². The summed E-state index contributed by atoms with van der Waals surface area (Å²) in [5.74, 6) is 1.59. The van der Waals surface area contributed by atoms with E-state index in [4.69, 9.17) is 10.5 Å². The van der Waals surface area contributed by atoms with Crippen LogP contribution in [-0.2, 0) is 4.79 Å². The summed E-state index contributed by atoms with van der Waals surface area (Å²) >= 11 is 0. The number of carbonyl (C=O) groups is 1. The van der Waals surface area contributed by atoms with Gasteiger partial charge in [0.15, 0.2) is 0 Å². The van der Waals surface area contributed by atoms with Gasteiger partial charge >= 0.3 is 0 Å². The maximum atomic E-state index is 12.3. The van der Waals surface area contributed by atoms with Crippen LogP contribution in [0.2, 0.25) is 0 Å². The number of hydrogen-bond donors (Lipinski definition) is 2. The van der Waals surface area contributed by atoms with Crippen LogP contribution in [-0.4, -0.2) is 25.1 Å². The van der Waals surface area contributed by atoms with Crippen molar-refractivity contribution in [3.63, 3.8) is 0 Å². The lowest BCUT2D eigenvalue weighted by atomic mass is 9.93. The molecule has 1 saturated carbocycles. The number of nitrogens with one attached hydrogen (secondary N) is 1. The van der Waals surface area contributed by atoms with Crippen molar-refractivity contribution in [2.45, 2.75) is 44.6 Å². The third kappa shape index (κ3) is 3.97. The van der Waals surface area contributed by atoms with E-state index in [1.54, 1.807) is 7.11 Å². The summed E-state index contributed by atoms with van der Waals surface area (Å²) in [6, 6.07) is 7.89. The van der Waals surface area contributed by atoms with E-state index < -0.39 is 0 Å². The van der Waals surface area contributed by atoms with E-state index in [9.17, 15) is 4.79 Å². The molecule has 1 aliphatic rings. The fourth-order valence-electron chi connectivity index (χ4n) is 2.75. The molecule has 2 unspecified atom stereocenters. The van der Waals surface area contributed by atoms with Gasteiger partial charge in [-0.05, 0) is 49.3 Å². The van der Waals surface area contributed by atoms with E-state index in [2.05, 4.69) is 19.2 Å². The Balaban J connectivity index is 1.95. The SMILES string of the molecule is COc1cccc(C(C)CC(=O)NC(C)(CN)C2CC2)c1. The molecule has 0 radical (unpaired) electrons. The number of amides is 1. The molecule has 3 N–H and O–H groups in total. The molecule has 1 amide bonds. The predicted octanol–water partition coefficient (Wildman–Crippen LogP) is 2.43. The standard InChI is InChI=1S/C17H26N2O2/c1-12(13-5-4-6-15(10-13)21-3)9-16(20)19-17(2,11-18)14-7-8-14/h4-6,10,12,14H,7-9,11,18H2,1-3H3,(H,19,20). The molecule has 1 aromatic carbocycles. The van der Waals surface area contributed by atoms with Crippen LogP contribution in [0.3, 0.4) is 0 Å². The zero-order valence-corrected chi connectivity index (χ0v) is 13.2. The molecule has 1 aromatic rings. The lowest BCUT2D eigenvalue weighted by Gasteiger charge is -2.30. The molecule has 0 spiro atoms. The fourth-order valence-corrected chi connectivity index (χ4v) is 2.75. The van der Waals surface area contributed by atoms with Crippen molar-refractivity contribution in [1.29, 1.82) is 0 Å². The van der Waals surface area contributed by atoms with Crippen molar-refractivity contribution >= 4 is 5.91 Å². The maximum absolute atomic E-state index is 12.3. The van der Waals surface area contributed by atoms with Gasteiger partial charge in [0.1, 0.15) is 5.75 Å². The second-order valence-corrected chi connectivity index (χ2v) is 6.33. The van der Waals surface area contributed by atoms with Gasteiger partial charge in [0, 0.05) is 13.0 Å². The minimum atomic E-state index is -0.245. The van der Waals surface area contributed by atoms with E-state index in [0.717, 1.165) is 11.3 Å². The molecule has 21 heavy (non-hydrogen) atoms. The van der Waals surface area contributed by atoms with E-state index in [-0.39, 0.29) is 17.4 Å². The molecule has 1 aliphatic carbocycles. The average Bonchev–Trinajstić information content (AvgIpc) is 3.32. The number of methoxy groups -OCH3 is 1. The third-order valence-corrected chi connectivity index (χ3v) is 4.48. The molecule has 0 saturated heterocycles. The van der Waals surface area contributed by atoms with Crippen molar-refractivity contribution in [1.82, 2.24) is 5.32 Å². The van der Waals surface area contributed by atoms with Gasteiger partial charge in [0.05, 0.1) is 12.6 Å². The number of rotatable bonds is 7. The molecule has 0 heterocycles. The summed E-state index contributed by atoms with van der Waals surface area (Å²) in [6.45, 7) is 4.61. The second kappa shape index (κ2) is 6.48. The Labute approximate surface area is 127 Å². The van der Waals surface area contributed by atoms with Crippen LogP contribution in [0, 0.1) is 5.92 Å². The molecular weight excluding hydrogens is 264 g/mol. The van der Waals surface area contributed by atoms with Crippen molar-refractivity contribution in [3.05, 3.63) is 29.8 Å². The van der Waals surface area contributed by atoms with Gasteiger partial charge in [-0.15, -0.1) is 0 Å². The number of nitrogens with two attached hydrogens (primary N) is 1. The van der Waals surface area contributed by atoms with Gasteiger partial charge in [-0.1, -0.05) is 19.1 Å². The summed E-state index contributed by atoms with van der Waals surface area (Å²) in [4.78, 5) is 12.3. The van der Waals surface area contributed by atoms with Gasteiger partial charge in [0.25, 0.3) is 0 Å². The minimum Gasteiger partial charge on any atom is -0.497 e. The molecule has 4 heteroatoms. The monoisotopic (exact) mass is 290 g/mol. The van der Waals surface area contributed by atoms with Crippen LogP contribution in [0.5, 0.6) is 5.75 Å². The quantitative estimate of drug-likeness (QED) is 0.810. The molecule has 2 atom stereocenters. The van der Waals surface area contributed by atoms with Gasteiger partial charge in [0.2, 0.25) is 5.91 Å². The lowest BCUT2D eigenvalue weighted by molar-refractivity contribution is -0.123. The van der Waals surface area contributed by atoms with Crippen molar-refractivity contribution in [2.24, 2.45) is 11.7 Å². The summed E-state index contributed by atoms with van der Waals surface area (Å²) in [6.07, 6.45) is 2.80. The summed E-state index contributed by atoms with van der Waals surface area (Å²) < 4.78 is 5.23. The van der Waals surface area contributed by atoms with Gasteiger partial charge in [-0.2, -0.15) is 0 Å². The van der Waals surface area contributed by atoms with Gasteiger partial charge in [-0.25, -0.2) is 0 Å². The van der Waals surface area contributed by atoms with Crippen LogP contribution >= 0.6 is 0 Å². The number of benzene rings is 1. The highest BCUT2D eigenvalue weighted by atomic mass is 16.5. The summed E-state index contributed by atoms with van der Waals surface area (Å²) in [5, 5.41) is 3.14. The summed E-state index contributed by atoms with van der Waals surface area (Å²) in [5.41, 5.74) is 6.72.